The molecule has 0 radical (unpaired) electrons. The summed E-state index contributed by atoms with van der Waals surface area (Å²) in [6, 6.07) is 12.9. The van der Waals surface area contributed by atoms with Crippen LogP contribution < -0.4 is 10.2 Å². The molecule has 106 valence electrons. The van der Waals surface area contributed by atoms with Crippen LogP contribution in [-0.4, -0.2) is 19.1 Å². The summed E-state index contributed by atoms with van der Waals surface area (Å²) in [5.41, 5.74) is 2.56. The maximum absolute atomic E-state index is 5.42. The van der Waals surface area contributed by atoms with Crippen molar-refractivity contribution in [1.82, 2.24) is 0 Å². The fourth-order valence-corrected chi connectivity index (χ4v) is 2.88. The molecule has 1 fully saturated rings. The summed E-state index contributed by atoms with van der Waals surface area (Å²) < 4.78 is 5.42. The van der Waals surface area contributed by atoms with Gasteiger partial charge in [-0.05, 0) is 44.0 Å². The van der Waals surface area contributed by atoms with Gasteiger partial charge in [-0.1, -0.05) is 12.1 Å². The van der Waals surface area contributed by atoms with Crippen LogP contribution >= 0.6 is 0 Å². The lowest BCUT2D eigenvalue weighted by Gasteiger charge is -2.24. The molecule has 0 spiro atoms. The van der Waals surface area contributed by atoms with Crippen molar-refractivity contribution in [2.45, 2.75) is 32.2 Å². The third-order valence-corrected chi connectivity index (χ3v) is 3.84. The van der Waals surface area contributed by atoms with Crippen LogP contribution in [-0.2, 0) is 6.42 Å². The molecule has 3 heteroatoms. The lowest BCUT2D eigenvalue weighted by atomic mass is 10.1. The quantitative estimate of drug-likeness (QED) is 0.892. The van der Waals surface area contributed by atoms with Gasteiger partial charge in [0.1, 0.15) is 5.76 Å². The summed E-state index contributed by atoms with van der Waals surface area (Å²) >= 11 is 0. The van der Waals surface area contributed by atoms with Crippen LogP contribution in [0.4, 0.5) is 11.4 Å². The summed E-state index contributed by atoms with van der Waals surface area (Å²) in [6.07, 6.45) is 5.24. The molecule has 2 aromatic rings. The van der Waals surface area contributed by atoms with E-state index >= 15 is 0 Å². The average molecular weight is 270 g/mol. The number of para-hydroxylation sites is 2. The smallest absolute Gasteiger partial charge is 0.105 e. The monoisotopic (exact) mass is 270 g/mol. The molecule has 3 nitrogen and oxygen atoms in total. The molecule has 1 aliphatic rings. The summed E-state index contributed by atoms with van der Waals surface area (Å²) in [6.45, 7) is 4.54. The van der Waals surface area contributed by atoms with Gasteiger partial charge in [0.2, 0.25) is 0 Å². The van der Waals surface area contributed by atoms with Crippen LogP contribution in [0.15, 0.2) is 47.1 Å². The van der Waals surface area contributed by atoms with Gasteiger partial charge in [-0.3, -0.25) is 0 Å². The first kappa shape index (κ1) is 13.1. The average Bonchev–Trinajstić information content (AvgIpc) is 3.11. The normalized spacial score (nSPS) is 16.4. The van der Waals surface area contributed by atoms with Gasteiger partial charge in [0.15, 0.2) is 0 Å². The van der Waals surface area contributed by atoms with Gasteiger partial charge < -0.3 is 14.6 Å². The van der Waals surface area contributed by atoms with Gasteiger partial charge in [0.25, 0.3) is 0 Å². The van der Waals surface area contributed by atoms with E-state index in [1.165, 1.54) is 37.3 Å². The number of furan rings is 1. The number of hydrogen-bond acceptors (Lipinski definition) is 3. The Morgan fingerprint density at radius 1 is 1.15 bits per heavy atom. The predicted octanol–water partition coefficient (Wildman–Crippen LogP) is 3.92. The Balaban J connectivity index is 1.70. The zero-order valence-corrected chi connectivity index (χ0v) is 12.0. The van der Waals surface area contributed by atoms with Crippen molar-refractivity contribution in [3.8, 4) is 0 Å². The van der Waals surface area contributed by atoms with Gasteiger partial charge in [0.05, 0.1) is 17.6 Å². The van der Waals surface area contributed by atoms with Crippen molar-refractivity contribution in [2.24, 2.45) is 0 Å². The number of benzene rings is 1. The van der Waals surface area contributed by atoms with Crippen molar-refractivity contribution >= 4 is 11.4 Å². The molecule has 0 aliphatic carbocycles. The van der Waals surface area contributed by atoms with Crippen LogP contribution in [0, 0.1) is 0 Å². The largest absolute Gasteiger partial charge is 0.469 e. The molecule has 1 aromatic carbocycles. The highest BCUT2D eigenvalue weighted by Crippen LogP contribution is 2.29. The van der Waals surface area contributed by atoms with Gasteiger partial charge in [-0.2, -0.15) is 0 Å². The molecule has 1 aromatic heterocycles. The Morgan fingerprint density at radius 3 is 2.70 bits per heavy atom. The molecule has 1 N–H and O–H groups in total. The van der Waals surface area contributed by atoms with E-state index in [1.807, 2.05) is 12.1 Å². The van der Waals surface area contributed by atoms with Crippen molar-refractivity contribution in [3.63, 3.8) is 0 Å². The SMILES string of the molecule is CC(Cc1ccco1)Nc1ccccc1N1CCCC1. The second-order valence-corrected chi connectivity index (χ2v) is 5.54. The lowest BCUT2D eigenvalue weighted by molar-refractivity contribution is 0.498. The lowest BCUT2D eigenvalue weighted by Crippen LogP contribution is -2.23. The second kappa shape index (κ2) is 6.04. The van der Waals surface area contributed by atoms with Crippen LogP contribution in [0.3, 0.4) is 0 Å². The van der Waals surface area contributed by atoms with E-state index in [0.29, 0.717) is 6.04 Å². The van der Waals surface area contributed by atoms with E-state index < -0.39 is 0 Å². The fraction of sp³-hybridized carbons (Fsp3) is 0.412. The third-order valence-electron chi connectivity index (χ3n) is 3.84. The molecule has 3 rings (SSSR count). The first-order chi connectivity index (χ1) is 9.83. The standard InChI is InChI=1S/C17H22N2O/c1-14(13-15-7-6-12-20-15)18-16-8-2-3-9-17(16)19-10-4-5-11-19/h2-3,6-9,12,14,18H,4-5,10-11,13H2,1H3. The van der Waals surface area contributed by atoms with Gasteiger partial charge >= 0.3 is 0 Å². The highest BCUT2D eigenvalue weighted by molar-refractivity contribution is 5.70. The van der Waals surface area contributed by atoms with Gasteiger partial charge in [-0.25, -0.2) is 0 Å². The Morgan fingerprint density at radius 2 is 1.95 bits per heavy atom. The first-order valence-electron chi connectivity index (χ1n) is 7.46. The minimum atomic E-state index is 0.352. The fourth-order valence-electron chi connectivity index (χ4n) is 2.88. The zero-order chi connectivity index (χ0) is 13.8. The van der Waals surface area contributed by atoms with Crippen molar-refractivity contribution in [2.75, 3.05) is 23.3 Å². The topological polar surface area (TPSA) is 28.4 Å². The Kier molecular flexibility index (Phi) is 3.95. The van der Waals surface area contributed by atoms with E-state index in [0.717, 1.165) is 12.2 Å². The molecule has 0 amide bonds. The number of nitrogens with zero attached hydrogens (tertiary/aromatic N) is 1. The molecule has 20 heavy (non-hydrogen) atoms. The zero-order valence-electron chi connectivity index (χ0n) is 12.0. The predicted molar refractivity (Wildman–Crippen MR) is 83.4 cm³/mol. The number of nitrogens with one attached hydrogen (secondary N) is 1. The summed E-state index contributed by atoms with van der Waals surface area (Å²) in [5, 5.41) is 3.62. The minimum absolute atomic E-state index is 0.352. The highest BCUT2D eigenvalue weighted by Gasteiger charge is 2.16. The summed E-state index contributed by atoms with van der Waals surface area (Å²) in [7, 11) is 0. The van der Waals surface area contributed by atoms with Crippen LogP contribution in [0.5, 0.6) is 0 Å². The molecule has 2 heterocycles. The van der Waals surface area contributed by atoms with Crippen LogP contribution in [0.2, 0.25) is 0 Å². The van der Waals surface area contributed by atoms with E-state index in [2.05, 4.69) is 41.4 Å². The summed E-state index contributed by atoms with van der Waals surface area (Å²) in [5.74, 6) is 1.03. The van der Waals surface area contributed by atoms with Crippen LogP contribution in [0.25, 0.3) is 0 Å². The van der Waals surface area contributed by atoms with Crippen molar-refractivity contribution in [1.29, 1.82) is 0 Å². The molecule has 0 bridgehead atoms. The van der Waals surface area contributed by atoms with Gasteiger partial charge in [0, 0.05) is 25.6 Å². The van der Waals surface area contributed by atoms with E-state index in [-0.39, 0.29) is 0 Å². The maximum Gasteiger partial charge on any atom is 0.105 e. The minimum Gasteiger partial charge on any atom is -0.469 e. The molecule has 1 saturated heterocycles. The van der Waals surface area contributed by atoms with E-state index in [4.69, 9.17) is 4.42 Å². The number of rotatable bonds is 5. The number of anilines is 2. The Hall–Kier alpha value is -1.90. The van der Waals surface area contributed by atoms with E-state index in [1.54, 1.807) is 6.26 Å². The maximum atomic E-state index is 5.42. The molecular formula is C17H22N2O. The van der Waals surface area contributed by atoms with Gasteiger partial charge in [-0.15, -0.1) is 0 Å². The Labute approximate surface area is 120 Å². The molecule has 0 saturated carbocycles. The molecule has 1 unspecified atom stereocenters. The Bertz CT molecular complexity index is 530. The second-order valence-electron chi connectivity index (χ2n) is 5.54. The van der Waals surface area contributed by atoms with Crippen molar-refractivity contribution < 1.29 is 4.42 Å². The molecule has 1 aliphatic heterocycles. The van der Waals surface area contributed by atoms with E-state index in [9.17, 15) is 0 Å². The molecular weight excluding hydrogens is 248 g/mol. The van der Waals surface area contributed by atoms with Crippen molar-refractivity contribution in [3.05, 3.63) is 48.4 Å². The first-order valence-corrected chi connectivity index (χ1v) is 7.46. The summed E-state index contributed by atoms with van der Waals surface area (Å²) in [4.78, 5) is 2.47. The highest BCUT2D eigenvalue weighted by atomic mass is 16.3. The number of hydrogen-bond donors (Lipinski definition) is 1. The third kappa shape index (κ3) is 2.98. The molecule has 1 atom stereocenters. The van der Waals surface area contributed by atoms with Crippen LogP contribution in [0.1, 0.15) is 25.5 Å².